The first kappa shape index (κ1) is 11.5. The van der Waals surface area contributed by atoms with Crippen LogP contribution in [0.3, 0.4) is 0 Å². The Bertz CT molecular complexity index is 449. The molecule has 0 aromatic rings. The van der Waals surface area contributed by atoms with Crippen molar-refractivity contribution in [1.29, 1.82) is 0 Å². The number of nitrogens with one attached hydrogen (secondary N) is 2. The van der Waals surface area contributed by atoms with Crippen LogP contribution < -0.4 is 10.6 Å². The van der Waals surface area contributed by atoms with Gasteiger partial charge in [0.15, 0.2) is 0 Å². The normalized spacial score (nSPS) is 44.6. The number of amides is 3. The van der Waals surface area contributed by atoms with Gasteiger partial charge in [-0.25, -0.2) is 4.79 Å². The molecule has 2 saturated carbocycles. The van der Waals surface area contributed by atoms with Crippen LogP contribution in [-0.4, -0.2) is 30.1 Å². The van der Waals surface area contributed by atoms with Crippen molar-refractivity contribution in [1.82, 2.24) is 10.6 Å². The zero-order valence-electron chi connectivity index (χ0n) is 10.4. The average molecular weight is 252 g/mol. The van der Waals surface area contributed by atoms with E-state index in [2.05, 4.69) is 10.6 Å². The summed E-state index contributed by atoms with van der Waals surface area (Å²) in [5.41, 5.74) is -0.876. The van der Waals surface area contributed by atoms with Gasteiger partial charge in [-0.2, -0.15) is 0 Å². The maximum absolute atomic E-state index is 12.0. The number of urea groups is 1. The summed E-state index contributed by atoms with van der Waals surface area (Å²) in [7, 11) is 0. The first-order valence-electron chi connectivity index (χ1n) is 6.31. The van der Waals surface area contributed by atoms with E-state index in [1.54, 1.807) is 6.92 Å². The van der Waals surface area contributed by atoms with Crippen LogP contribution in [0, 0.1) is 23.7 Å². The summed E-state index contributed by atoms with van der Waals surface area (Å²) < 4.78 is 5.03. The molecule has 0 aromatic carbocycles. The lowest BCUT2D eigenvalue weighted by atomic mass is 9.87. The molecule has 0 radical (unpaired) electrons. The second kappa shape index (κ2) is 3.46. The number of ether oxygens (including phenoxy) is 1. The first-order valence-corrected chi connectivity index (χ1v) is 6.31. The highest BCUT2D eigenvalue weighted by molar-refractivity contribution is 6.08. The summed E-state index contributed by atoms with van der Waals surface area (Å²) in [4.78, 5) is 35.1. The van der Waals surface area contributed by atoms with Gasteiger partial charge >= 0.3 is 12.0 Å². The molecule has 2 aliphatic carbocycles. The topological polar surface area (TPSA) is 84.5 Å². The third kappa shape index (κ3) is 1.26. The van der Waals surface area contributed by atoms with E-state index >= 15 is 0 Å². The Hall–Kier alpha value is -1.59. The molecular weight excluding hydrogens is 236 g/mol. The van der Waals surface area contributed by atoms with Gasteiger partial charge in [0.05, 0.1) is 12.5 Å². The highest BCUT2D eigenvalue weighted by Crippen LogP contribution is 2.65. The zero-order chi connectivity index (χ0) is 13.1. The van der Waals surface area contributed by atoms with Gasteiger partial charge in [-0.05, 0) is 25.2 Å². The van der Waals surface area contributed by atoms with Gasteiger partial charge in [-0.1, -0.05) is 6.92 Å². The Morgan fingerprint density at radius 1 is 1.50 bits per heavy atom. The smallest absolute Gasteiger partial charge is 0.322 e. The minimum atomic E-state index is -0.876. The molecule has 3 fully saturated rings. The van der Waals surface area contributed by atoms with E-state index in [1.807, 2.05) is 6.92 Å². The number of hydrogen-bond donors (Lipinski definition) is 2. The van der Waals surface area contributed by atoms with Crippen molar-refractivity contribution >= 4 is 17.9 Å². The van der Waals surface area contributed by atoms with E-state index in [9.17, 15) is 14.4 Å². The molecule has 3 aliphatic rings. The minimum Gasteiger partial charge on any atom is -0.466 e. The molecule has 1 aliphatic heterocycles. The third-order valence-corrected chi connectivity index (χ3v) is 4.47. The van der Waals surface area contributed by atoms with Crippen molar-refractivity contribution in [3.8, 4) is 0 Å². The van der Waals surface area contributed by atoms with Crippen LogP contribution in [-0.2, 0) is 14.3 Å². The molecule has 1 spiro atoms. The molecule has 6 nitrogen and oxygen atoms in total. The fourth-order valence-electron chi connectivity index (χ4n) is 3.88. The Morgan fingerprint density at radius 3 is 2.78 bits per heavy atom. The summed E-state index contributed by atoms with van der Waals surface area (Å²) in [5.74, 6) is -0.469. The molecule has 0 aromatic heterocycles. The summed E-state index contributed by atoms with van der Waals surface area (Å²) in [6.45, 7) is 4.12. The Labute approximate surface area is 104 Å². The number of imide groups is 1. The van der Waals surface area contributed by atoms with Gasteiger partial charge < -0.3 is 10.1 Å². The van der Waals surface area contributed by atoms with Crippen LogP contribution in [0.1, 0.15) is 20.3 Å². The van der Waals surface area contributed by atoms with E-state index in [1.165, 1.54) is 0 Å². The van der Waals surface area contributed by atoms with E-state index < -0.39 is 11.6 Å². The molecular formula is C12H16N2O4. The zero-order valence-corrected chi connectivity index (χ0v) is 10.4. The number of hydrogen-bond acceptors (Lipinski definition) is 4. The van der Waals surface area contributed by atoms with Crippen molar-refractivity contribution in [2.45, 2.75) is 25.8 Å². The molecule has 0 bridgehead atoms. The Balaban J connectivity index is 1.86. The summed E-state index contributed by atoms with van der Waals surface area (Å²) in [6, 6.07) is -0.456. The van der Waals surface area contributed by atoms with E-state index in [-0.39, 0.29) is 35.5 Å². The molecule has 5 atom stereocenters. The van der Waals surface area contributed by atoms with Gasteiger partial charge in [-0.15, -0.1) is 0 Å². The molecule has 1 saturated heterocycles. The standard InChI is InChI=1S/C12H16N2O4/c1-3-18-9(15)7-6-5(2)4-12(8(6)7)10(16)13-11(17)14-12/h5-8H,3-4H2,1-2H3,(H2,13,14,16,17)/t5-,6+,7+,8+,12+/m0/s1. The number of rotatable bonds is 2. The molecule has 18 heavy (non-hydrogen) atoms. The molecule has 3 amide bonds. The van der Waals surface area contributed by atoms with Crippen LogP contribution in [0.5, 0.6) is 0 Å². The Morgan fingerprint density at radius 2 is 2.22 bits per heavy atom. The molecule has 3 rings (SSSR count). The monoisotopic (exact) mass is 252 g/mol. The quantitative estimate of drug-likeness (QED) is 0.536. The van der Waals surface area contributed by atoms with Gasteiger partial charge in [0, 0.05) is 5.92 Å². The van der Waals surface area contributed by atoms with Crippen LogP contribution in [0.4, 0.5) is 4.79 Å². The largest absolute Gasteiger partial charge is 0.466 e. The van der Waals surface area contributed by atoms with E-state index in [0.29, 0.717) is 13.0 Å². The lowest BCUT2D eigenvalue weighted by Gasteiger charge is -2.24. The van der Waals surface area contributed by atoms with Crippen LogP contribution in [0.25, 0.3) is 0 Å². The highest BCUT2D eigenvalue weighted by atomic mass is 16.5. The molecule has 1 heterocycles. The van der Waals surface area contributed by atoms with Gasteiger partial charge in [0.25, 0.3) is 5.91 Å². The highest BCUT2D eigenvalue weighted by Gasteiger charge is 2.75. The Kier molecular flexibility index (Phi) is 2.21. The maximum Gasteiger partial charge on any atom is 0.322 e. The number of carbonyl (C=O) groups excluding carboxylic acids is 3. The second-order valence-electron chi connectivity index (χ2n) is 5.44. The predicted octanol–water partition coefficient (Wildman–Crippen LogP) is 0.0297. The summed E-state index contributed by atoms with van der Waals surface area (Å²) in [5, 5.41) is 5.00. The van der Waals surface area contributed by atoms with Crippen LogP contribution >= 0.6 is 0 Å². The summed E-state index contributed by atoms with van der Waals surface area (Å²) >= 11 is 0. The predicted molar refractivity (Wildman–Crippen MR) is 60.3 cm³/mol. The molecule has 0 unspecified atom stereocenters. The van der Waals surface area contributed by atoms with Gasteiger partial charge in [-0.3, -0.25) is 14.9 Å². The van der Waals surface area contributed by atoms with Crippen LogP contribution in [0.15, 0.2) is 0 Å². The number of esters is 1. The molecule has 98 valence electrons. The van der Waals surface area contributed by atoms with E-state index in [4.69, 9.17) is 4.74 Å². The average Bonchev–Trinajstić information content (AvgIpc) is 2.89. The number of carbonyl (C=O) groups is 3. The fraction of sp³-hybridized carbons (Fsp3) is 0.750. The van der Waals surface area contributed by atoms with Crippen molar-refractivity contribution in [3.63, 3.8) is 0 Å². The van der Waals surface area contributed by atoms with Crippen molar-refractivity contribution in [2.24, 2.45) is 23.7 Å². The third-order valence-electron chi connectivity index (χ3n) is 4.47. The molecule has 2 N–H and O–H groups in total. The second-order valence-corrected chi connectivity index (χ2v) is 5.44. The SMILES string of the molecule is CCOC(=O)[C@@H]1[C@@H]2[C@H]1[C@@]1(C[C@@H]2C)NC(=O)NC1=O. The van der Waals surface area contributed by atoms with E-state index in [0.717, 1.165) is 0 Å². The minimum absolute atomic E-state index is 0.0991. The van der Waals surface area contributed by atoms with Crippen molar-refractivity contribution in [3.05, 3.63) is 0 Å². The molecule has 6 heteroatoms. The number of fused-ring (bicyclic) bond motifs is 2. The maximum atomic E-state index is 12.0. The van der Waals surface area contributed by atoms with Crippen molar-refractivity contribution < 1.29 is 19.1 Å². The van der Waals surface area contributed by atoms with Crippen LogP contribution in [0.2, 0.25) is 0 Å². The first-order chi connectivity index (χ1) is 8.51. The lowest BCUT2D eigenvalue weighted by molar-refractivity contribution is -0.146. The van der Waals surface area contributed by atoms with Crippen molar-refractivity contribution in [2.75, 3.05) is 6.61 Å². The fourth-order valence-corrected chi connectivity index (χ4v) is 3.88. The van der Waals surface area contributed by atoms with Gasteiger partial charge in [0.1, 0.15) is 5.54 Å². The lowest BCUT2D eigenvalue weighted by Crippen LogP contribution is -2.49. The van der Waals surface area contributed by atoms with Gasteiger partial charge in [0.2, 0.25) is 0 Å². The summed E-state index contributed by atoms with van der Waals surface area (Å²) in [6.07, 6.45) is 0.607.